The number of aliphatic carboxylic acids is 1. The van der Waals surface area contributed by atoms with Crippen LogP contribution in [-0.2, 0) is 23.9 Å². The quantitative estimate of drug-likeness (QED) is 0.393. The van der Waals surface area contributed by atoms with Crippen LogP contribution < -0.4 is 16.0 Å². The van der Waals surface area contributed by atoms with Crippen LogP contribution >= 0.6 is 0 Å². The number of ether oxygens (including phenoxy) is 1. The Morgan fingerprint density at radius 2 is 1.66 bits per heavy atom. The normalized spacial score (nSPS) is 16.5. The van der Waals surface area contributed by atoms with E-state index in [1.54, 1.807) is 25.7 Å². The molecule has 1 saturated heterocycles. The Balaban J connectivity index is 2.58. The maximum absolute atomic E-state index is 13.1. The van der Waals surface area contributed by atoms with Gasteiger partial charge in [0.1, 0.15) is 18.2 Å². The maximum atomic E-state index is 13.1. The van der Waals surface area contributed by atoms with Crippen LogP contribution in [0.15, 0.2) is 0 Å². The summed E-state index contributed by atoms with van der Waals surface area (Å²) in [5, 5.41) is 15.9. The summed E-state index contributed by atoms with van der Waals surface area (Å²) in [7, 11) is 0. The lowest BCUT2D eigenvalue weighted by atomic mass is 9.93. The van der Waals surface area contributed by atoms with Crippen molar-refractivity contribution in [3.8, 4) is 0 Å². The lowest BCUT2D eigenvalue weighted by molar-refractivity contribution is -0.139. The zero-order valence-electron chi connectivity index (χ0n) is 19.5. The molecular weight excluding hydrogens is 420 g/mol. The van der Waals surface area contributed by atoms with Crippen molar-refractivity contribution in [2.75, 3.05) is 26.2 Å². The highest BCUT2D eigenvalue weighted by Crippen LogP contribution is 2.20. The minimum Gasteiger partial charge on any atom is -0.480 e. The summed E-state index contributed by atoms with van der Waals surface area (Å²) in [5.41, 5.74) is -0.677. The van der Waals surface area contributed by atoms with Crippen LogP contribution in [0.25, 0.3) is 0 Å². The van der Waals surface area contributed by atoms with Crippen molar-refractivity contribution in [3.63, 3.8) is 0 Å². The van der Waals surface area contributed by atoms with Crippen molar-refractivity contribution >= 4 is 29.8 Å². The molecule has 0 spiro atoms. The van der Waals surface area contributed by atoms with Gasteiger partial charge in [0.15, 0.2) is 0 Å². The van der Waals surface area contributed by atoms with Gasteiger partial charge in [-0.15, -0.1) is 0 Å². The highest BCUT2D eigenvalue weighted by Gasteiger charge is 2.34. The topological polar surface area (TPSA) is 154 Å². The van der Waals surface area contributed by atoms with Gasteiger partial charge in [0.05, 0.1) is 6.54 Å². The zero-order valence-corrected chi connectivity index (χ0v) is 19.5. The van der Waals surface area contributed by atoms with E-state index in [-0.39, 0.29) is 30.2 Å². The molecular formula is C21H36N4O7. The van der Waals surface area contributed by atoms with E-state index in [2.05, 4.69) is 16.0 Å². The molecule has 1 unspecified atom stereocenters. The predicted octanol–water partition coefficient (Wildman–Crippen LogP) is 0.481. The molecule has 1 aliphatic heterocycles. The highest BCUT2D eigenvalue weighted by molar-refractivity contribution is 5.88. The van der Waals surface area contributed by atoms with Gasteiger partial charge in [0.25, 0.3) is 0 Å². The Bertz CT molecular complexity index is 697. The van der Waals surface area contributed by atoms with Gasteiger partial charge < -0.3 is 30.7 Å². The van der Waals surface area contributed by atoms with Gasteiger partial charge in [-0.3, -0.25) is 19.2 Å². The fourth-order valence-corrected chi connectivity index (χ4v) is 3.22. The molecule has 11 heteroatoms. The third-order valence-electron chi connectivity index (χ3n) is 5.19. The SMILES string of the molecule is CCC(C)[C@H](NC(=O)OC(C)(C)C)C(=O)N1CCC(C(=O)NCC(=O)NCC(=O)O)CC1. The van der Waals surface area contributed by atoms with Crippen LogP contribution in [0.2, 0.25) is 0 Å². The van der Waals surface area contributed by atoms with Crippen LogP contribution in [0, 0.1) is 11.8 Å². The molecule has 11 nitrogen and oxygen atoms in total. The molecule has 0 aromatic rings. The summed E-state index contributed by atoms with van der Waals surface area (Å²) in [6, 6.07) is -0.724. The standard InChI is InChI=1S/C21H36N4O7/c1-6-13(2)17(24-20(31)32-21(3,4)5)19(30)25-9-7-14(8-10-25)18(29)23-11-15(26)22-12-16(27)28/h13-14,17H,6-12H2,1-5H3,(H,22,26)(H,23,29)(H,24,31)(H,27,28)/t13?,17-/m0/s1. The first-order valence-corrected chi connectivity index (χ1v) is 10.9. The number of carboxylic acid groups (broad SMARTS) is 1. The van der Waals surface area contributed by atoms with E-state index >= 15 is 0 Å². The molecule has 0 bridgehead atoms. The number of hydrogen-bond donors (Lipinski definition) is 4. The Morgan fingerprint density at radius 3 is 2.16 bits per heavy atom. The van der Waals surface area contributed by atoms with Crippen molar-refractivity contribution in [1.29, 1.82) is 0 Å². The minimum absolute atomic E-state index is 0.0969. The molecule has 2 atom stereocenters. The van der Waals surface area contributed by atoms with Crippen LogP contribution in [0.5, 0.6) is 0 Å². The molecule has 1 aliphatic rings. The number of nitrogens with zero attached hydrogens (tertiary/aromatic N) is 1. The summed E-state index contributed by atoms with van der Waals surface area (Å²) < 4.78 is 5.29. The fourth-order valence-electron chi connectivity index (χ4n) is 3.22. The van der Waals surface area contributed by atoms with Crippen molar-refractivity contribution in [3.05, 3.63) is 0 Å². The zero-order chi connectivity index (χ0) is 24.5. The summed E-state index contributed by atoms with van der Waals surface area (Å²) in [4.78, 5) is 61.2. The molecule has 182 valence electrons. The van der Waals surface area contributed by atoms with Crippen LogP contribution in [-0.4, -0.2) is 77.6 Å². The number of likely N-dealkylation sites (tertiary alicyclic amines) is 1. The van der Waals surface area contributed by atoms with Crippen LogP contribution in [0.1, 0.15) is 53.9 Å². The van der Waals surface area contributed by atoms with E-state index in [0.29, 0.717) is 32.4 Å². The third-order valence-corrected chi connectivity index (χ3v) is 5.19. The number of amides is 4. The number of carbonyl (C=O) groups is 5. The first-order valence-electron chi connectivity index (χ1n) is 10.9. The van der Waals surface area contributed by atoms with Gasteiger partial charge >= 0.3 is 12.1 Å². The number of nitrogens with one attached hydrogen (secondary N) is 3. The molecule has 1 fully saturated rings. The van der Waals surface area contributed by atoms with Crippen molar-refractivity contribution in [2.24, 2.45) is 11.8 Å². The first kappa shape index (κ1) is 27.2. The largest absolute Gasteiger partial charge is 0.480 e. The van der Waals surface area contributed by atoms with Gasteiger partial charge in [0.2, 0.25) is 17.7 Å². The number of rotatable bonds is 9. The average molecular weight is 457 g/mol. The molecule has 0 radical (unpaired) electrons. The van der Waals surface area contributed by atoms with E-state index in [1.807, 2.05) is 13.8 Å². The lowest BCUT2D eigenvalue weighted by Crippen LogP contribution is -2.54. The molecule has 1 rings (SSSR count). The first-order chi connectivity index (χ1) is 14.8. The maximum Gasteiger partial charge on any atom is 0.408 e. The summed E-state index contributed by atoms with van der Waals surface area (Å²) in [5.74, 6) is -2.73. The molecule has 4 N–H and O–H groups in total. The lowest BCUT2D eigenvalue weighted by Gasteiger charge is -2.35. The summed E-state index contributed by atoms with van der Waals surface area (Å²) in [6.45, 7) is 8.95. The molecule has 0 aromatic heterocycles. The van der Waals surface area contributed by atoms with E-state index < -0.39 is 36.2 Å². The Labute approximate surface area is 188 Å². The fraction of sp³-hybridized carbons (Fsp3) is 0.762. The molecule has 0 saturated carbocycles. The van der Waals surface area contributed by atoms with Gasteiger partial charge in [-0.2, -0.15) is 0 Å². The number of carboxylic acids is 1. The van der Waals surface area contributed by atoms with Gasteiger partial charge in [-0.25, -0.2) is 4.79 Å². The van der Waals surface area contributed by atoms with E-state index in [9.17, 15) is 24.0 Å². The van der Waals surface area contributed by atoms with Gasteiger partial charge in [-0.1, -0.05) is 20.3 Å². The molecule has 0 aromatic carbocycles. The van der Waals surface area contributed by atoms with Crippen molar-refractivity contribution in [2.45, 2.75) is 65.5 Å². The number of hydrogen-bond acceptors (Lipinski definition) is 6. The molecule has 1 heterocycles. The molecule has 0 aliphatic carbocycles. The van der Waals surface area contributed by atoms with Crippen molar-refractivity contribution in [1.82, 2.24) is 20.9 Å². The summed E-state index contributed by atoms with van der Waals surface area (Å²) in [6.07, 6.45) is 0.892. The third kappa shape index (κ3) is 9.52. The van der Waals surface area contributed by atoms with Crippen LogP contribution in [0.3, 0.4) is 0 Å². The average Bonchev–Trinajstić information content (AvgIpc) is 2.72. The summed E-state index contributed by atoms with van der Waals surface area (Å²) >= 11 is 0. The minimum atomic E-state index is -1.17. The second-order valence-electron chi connectivity index (χ2n) is 9.00. The Morgan fingerprint density at radius 1 is 1.06 bits per heavy atom. The Kier molecular flexibility index (Phi) is 10.4. The highest BCUT2D eigenvalue weighted by atomic mass is 16.6. The molecule has 4 amide bonds. The smallest absolute Gasteiger partial charge is 0.408 e. The monoisotopic (exact) mass is 456 g/mol. The van der Waals surface area contributed by atoms with Crippen molar-refractivity contribution < 1.29 is 33.8 Å². The number of alkyl carbamates (subject to hydrolysis) is 1. The second-order valence-corrected chi connectivity index (χ2v) is 9.00. The predicted molar refractivity (Wildman–Crippen MR) is 116 cm³/mol. The van der Waals surface area contributed by atoms with Gasteiger partial charge in [0, 0.05) is 19.0 Å². The van der Waals surface area contributed by atoms with E-state index in [4.69, 9.17) is 9.84 Å². The van der Waals surface area contributed by atoms with Gasteiger partial charge in [-0.05, 0) is 39.5 Å². The second kappa shape index (κ2) is 12.3. The number of piperidine rings is 1. The van der Waals surface area contributed by atoms with Crippen LogP contribution in [0.4, 0.5) is 4.79 Å². The van der Waals surface area contributed by atoms with E-state index in [1.165, 1.54) is 0 Å². The molecule has 32 heavy (non-hydrogen) atoms. The number of carbonyl (C=O) groups excluding carboxylic acids is 4. The van der Waals surface area contributed by atoms with E-state index in [0.717, 1.165) is 0 Å². The Hall–Kier alpha value is -2.85.